The maximum absolute atomic E-state index is 11.0. The molecule has 0 aromatic rings. The molecule has 0 aliphatic heterocycles. The van der Waals surface area contributed by atoms with Crippen LogP contribution in [0.4, 0.5) is 0 Å². The van der Waals surface area contributed by atoms with Crippen LogP contribution in [0.1, 0.15) is 46.0 Å². The Kier molecular flexibility index (Phi) is 9.28. The molecule has 14 heavy (non-hydrogen) atoms. The molecule has 0 aliphatic carbocycles. The van der Waals surface area contributed by atoms with Crippen molar-refractivity contribution in [1.29, 1.82) is 0 Å². The molecule has 0 radical (unpaired) electrons. The average molecular weight is 196 g/mol. The highest BCUT2D eigenvalue weighted by Gasteiger charge is 1.90. The monoisotopic (exact) mass is 196 g/mol. The van der Waals surface area contributed by atoms with Crippen LogP contribution >= 0.6 is 0 Å². The Balaban J connectivity index is 3.47. The lowest BCUT2D eigenvalue weighted by atomic mass is 10.2. The molecule has 80 valence electrons. The summed E-state index contributed by atoms with van der Waals surface area (Å²) in [6.45, 7) is 4.20. The van der Waals surface area contributed by atoms with E-state index in [9.17, 15) is 4.79 Å². The van der Waals surface area contributed by atoms with Crippen molar-refractivity contribution in [2.24, 2.45) is 0 Å². The van der Waals surface area contributed by atoms with E-state index in [1.807, 2.05) is 12.2 Å². The third kappa shape index (κ3) is 9.04. The maximum atomic E-state index is 11.0. The van der Waals surface area contributed by atoms with Gasteiger partial charge in [-0.05, 0) is 25.3 Å². The number of ether oxygens (including phenoxy) is 1. The van der Waals surface area contributed by atoms with Crippen molar-refractivity contribution in [2.45, 2.75) is 46.0 Å². The Morgan fingerprint density at radius 2 is 1.93 bits per heavy atom. The van der Waals surface area contributed by atoms with Gasteiger partial charge in [0, 0.05) is 6.08 Å². The van der Waals surface area contributed by atoms with Crippen LogP contribution < -0.4 is 0 Å². The zero-order valence-corrected chi connectivity index (χ0v) is 9.16. The molecule has 0 aromatic carbocycles. The van der Waals surface area contributed by atoms with Gasteiger partial charge in [0.1, 0.15) is 0 Å². The fourth-order valence-electron chi connectivity index (χ4n) is 0.891. The largest absolute Gasteiger partial charge is 0.432 e. The fraction of sp³-hybridized carbons (Fsp3) is 0.583. The molecule has 0 N–H and O–H groups in total. The molecular weight excluding hydrogens is 176 g/mol. The second kappa shape index (κ2) is 10.0. The zero-order valence-electron chi connectivity index (χ0n) is 9.16. The van der Waals surface area contributed by atoms with Crippen LogP contribution in [0.2, 0.25) is 0 Å². The maximum Gasteiger partial charge on any atom is 0.335 e. The highest BCUT2D eigenvalue weighted by Crippen LogP contribution is 1.96. The molecule has 0 amide bonds. The lowest BCUT2D eigenvalue weighted by Crippen LogP contribution is -1.93. The second-order valence-corrected chi connectivity index (χ2v) is 3.14. The van der Waals surface area contributed by atoms with Crippen LogP contribution in [0.25, 0.3) is 0 Å². The third-order valence-corrected chi connectivity index (χ3v) is 1.71. The van der Waals surface area contributed by atoms with E-state index in [1.54, 1.807) is 0 Å². The number of hydrogen-bond donors (Lipinski definition) is 0. The van der Waals surface area contributed by atoms with E-state index in [0.717, 1.165) is 32.1 Å². The van der Waals surface area contributed by atoms with Gasteiger partial charge in [0.25, 0.3) is 0 Å². The number of carbonyl (C=O) groups is 1. The summed E-state index contributed by atoms with van der Waals surface area (Å²) < 4.78 is 4.83. The highest BCUT2D eigenvalue weighted by atomic mass is 16.5. The molecule has 0 saturated carbocycles. The second-order valence-electron chi connectivity index (χ2n) is 3.14. The van der Waals surface area contributed by atoms with Crippen molar-refractivity contribution in [3.05, 3.63) is 24.5 Å². The summed E-state index contributed by atoms with van der Waals surface area (Å²) in [5.74, 6) is -0.286. The molecule has 2 nitrogen and oxygen atoms in total. The number of esters is 1. The van der Waals surface area contributed by atoms with Gasteiger partial charge in [-0.1, -0.05) is 32.8 Å². The van der Waals surface area contributed by atoms with Gasteiger partial charge in [0.15, 0.2) is 0 Å². The van der Waals surface area contributed by atoms with Crippen LogP contribution in [0, 0.1) is 0 Å². The Bertz CT molecular complexity index is 192. The van der Waals surface area contributed by atoms with Crippen molar-refractivity contribution in [1.82, 2.24) is 0 Å². The summed E-state index contributed by atoms with van der Waals surface area (Å²) in [4.78, 5) is 11.0. The molecule has 0 fully saturated rings. The smallest absolute Gasteiger partial charge is 0.335 e. The Hall–Kier alpha value is -1.05. The molecule has 0 aliphatic rings. The van der Waals surface area contributed by atoms with Gasteiger partial charge in [-0.15, -0.1) is 0 Å². The fourth-order valence-corrected chi connectivity index (χ4v) is 0.891. The van der Waals surface area contributed by atoms with Crippen molar-refractivity contribution in [2.75, 3.05) is 0 Å². The van der Waals surface area contributed by atoms with E-state index < -0.39 is 0 Å². The highest BCUT2D eigenvalue weighted by molar-refractivity contribution is 5.82. The molecular formula is C12H20O2. The molecule has 0 atom stereocenters. The minimum absolute atomic E-state index is 0.286. The zero-order chi connectivity index (χ0) is 10.6. The van der Waals surface area contributed by atoms with Crippen LogP contribution in [0.3, 0.4) is 0 Å². The number of hydrogen-bond acceptors (Lipinski definition) is 2. The number of allylic oxidation sites excluding steroid dienone is 2. The van der Waals surface area contributed by atoms with Gasteiger partial charge >= 0.3 is 5.97 Å². The molecule has 2 heteroatoms. The molecule has 0 bridgehead atoms. The lowest BCUT2D eigenvalue weighted by Gasteiger charge is -1.92. The first kappa shape index (κ1) is 12.9. The predicted octanol–water partition coefficient (Wildman–Crippen LogP) is 3.59. The van der Waals surface area contributed by atoms with Crippen molar-refractivity contribution in [3.63, 3.8) is 0 Å². The normalized spacial score (nSPS) is 11.3. The van der Waals surface area contributed by atoms with E-state index in [0.29, 0.717) is 0 Å². The SMILES string of the molecule is CCCC=CC(=O)OC=CCCCC. The third-order valence-electron chi connectivity index (χ3n) is 1.71. The topological polar surface area (TPSA) is 26.3 Å². The minimum Gasteiger partial charge on any atom is -0.432 e. The molecule has 0 unspecified atom stereocenters. The Morgan fingerprint density at radius 3 is 2.57 bits per heavy atom. The first-order valence-corrected chi connectivity index (χ1v) is 5.33. The average Bonchev–Trinajstić information content (AvgIpc) is 2.18. The summed E-state index contributed by atoms with van der Waals surface area (Å²) >= 11 is 0. The predicted molar refractivity (Wildman–Crippen MR) is 58.8 cm³/mol. The van der Waals surface area contributed by atoms with Gasteiger partial charge in [0.05, 0.1) is 6.26 Å². The Morgan fingerprint density at radius 1 is 1.14 bits per heavy atom. The van der Waals surface area contributed by atoms with Gasteiger partial charge in [-0.2, -0.15) is 0 Å². The molecule has 0 heterocycles. The van der Waals surface area contributed by atoms with E-state index >= 15 is 0 Å². The molecule has 0 saturated heterocycles. The van der Waals surface area contributed by atoms with Crippen molar-refractivity contribution >= 4 is 5.97 Å². The van der Waals surface area contributed by atoms with Crippen LogP contribution in [-0.2, 0) is 9.53 Å². The summed E-state index contributed by atoms with van der Waals surface area (Å²) in [6.07, 6.45) is 11.9. The minimum atomic E-state index is -0.286. The summed E-state index contributed by atoms with van der Waals surface area (Å²) in [6, 6.07) is 0. The quantitative estimate of drug-likeness (QED) is 0.269. The van der Waals surface area contributed by atoms with Gasteiger partial charge in [-0.3, -0.25) is 0 Å². The Labute approximate surface area is 86.6 Å². The van der Waals surface area contributed by atoms with E-state index in [2.05, 4.69) is 13.8 Å². The molecule has 0 aromatic heterocycles. The first-order chi connectivity index (χ1) is 6.81. The van der Waals surface area contributed by atoms with E-state index in [-0.39, 0.29) is 5.97 Å². The number of rotatable bonds is 7. The van der Waals surface area contributed by atoms with Crippen molar-refractivity contribution in [3.8, 4) is 0 Å². The first-order valence-electron chi connectivity index (χ1n) is 5.33. The summed E-state index contributed by atoms with van der Waals surface area (Å²) in [5.41, 5.74) is 0. The number of carbonyl (C=O) groups excluding carboxylic acids is 1. The standard InChI is InChI=1S/C12H20O2/c1-3-5-7-9-11-14-12(13)10-8-6-4-2/h8-11H,3-7H2,1-2H3. The van der Waals surface area contributed by atoms with Gasteiger partial charge in [-0.25, -0.2) is 4.79 Å². The van der Waals surface area contributed by atoms with Gasteiger partial charge in [0.2, 0.25) is 0 Å². The lowest BCUT2D eigenvalue weighted by molar-refractivity contribution is -0.132. The van der Waals surface area contributed by atoms with Gasteiger partial charge < -0.3 is 4.74 Å². The molecule has 0 rings (SSSR count). The van der Waals surface area contributed by atoms with Crippen LogP contribution in [0.15, 0.2) is 24.5 Å². The molecule has 0 spiro atoms. The summed E-state index contributed by atoms with van der Waals surface area (Å²) in [5, 5.41) is 0. The van der Waals surface area contributed by atoms with Crippen LogP contribution in [-0.4, -0.2) is 5.97 Å². The van der Waals surface area contributed by atoms with E-state index in [4.69, 9.17) is 4.74 Å². The van der Waals surface area contributed by atoms with Crippen LogP contribution in [0.5, 0.6) is 0 Å². The van der Waals surface area contributed by atoms with E-state index in [1.165, 1.54) is 12.3 Å². The van der Waals surface area contributed by atoms with Crippen molar-refractivity contribution < 1.29 is 9.53 Å². The summed E-state index contributed by atoms with van der Waals surface area (Å²) in [7, 11) is 0. The number of unbranched alkanes of at least 4 members (excludes halogenated alkanes) is 3.